The van der Waals surface area contributed by atoms with Crippen LogP contribution in [-0.2, 0) is 11.3 Å². The van der Waals surface area contributed by atoms with Gasteiger partial charge >= 0.3 is 0 Å². The second-order valence-corrected chi connectivity index (χ2v) is 8.13. The number of nitrogens with one attached hydrogen (secondary N) is 2. The average molecular weight is 440 g/mol. The summed E-state index contributed by atoms with van der Waals surface area (Å²) in [6.07, 6.45) is 8.48. The van der Waals surface area contributed by atoms with Gasteiger partial charge in [0.2, 0.25) is 0 Å². The number of amides is 1. The Labute approximate surface area is 194 Å². The molecule has 3 heterocycles. The molecule has 1 aliphatic rings. The van der Waals surface area contributed by atoms with Gasteiger partial charge in [-0.05, 0) is 67.8 Å². The number of H-pyrrole nitrogens is 1. The highest BCUT2D eigenvalue weighted by Gasteiger charge is 2.25. The second kappa shape index (κ2) is 10.1. The third-order valence-corrected chi connectivity index (χ3v) is 5.57. The zero-order valence-corrected chi connectivity index (χ0v) is 19.0. The number of fused-ring (bicyclic) bond motifs is 1. The number of nitrogens with zero attached hydrogens (tertiary/aromatic N) is 2. The SMILES string of the molecule is Cc1cc(C)c(C=C2C(=O)Nc3ccc(-c4ccccc4)cc32)[nH]1.NCCCn1ccnc1. The van der Waals surface area contributed by atoms with Gasteiger partial charge < -0.3 is 20.6 Å². The normalized spacial score (nSPS) is 13.4. The third-order valence-electron chi connectivity index (χ3n) is 5.57. The topological polar surface area (TPSA) is 88.7 Å². The molecule has 5 rings (SSSR count). The summed E-state index contributed by atoms with van der Waals surface area (Å²) in [7, 11) is 0. The summed E-state index contributed by atoms with van der Waals surface area (Å²) in [6.45, 7) is 5.80. The van der Waals surface area contributed by atoms with Crippen LogP contribution in [0, 0.1) is 13.8 Å². The van der Waals surface area contributed by atoms with Gasteiger partial charge in [0.25, 0.3) is 5.91 Å². The number of hydrogen-bond donors (Lipinski definition) is 3. The molecule has 0 aliphatic carbocycles. The van der Waals surface area contributed by atoms with Crippen LogP contribution in [0.4, 0.5) is 5.69 Å². The number of carbonyl (C=O) groups is 1. The van der Waals surface area contributed by atoms with Crippen molar-refractivity contribution in [2.24, 2.45) is 5.73 Å². The molecule has 168 valence electrons. The van der Waals surface area contributed by atoms with Gasteiger partial charge in [0.05, 0.1) is 11.9 Å². The van der Waals surface area contributed by atoms with E-state index in [-0.39, 0.29) is 5.91 Å². The summed E-state index contributed by atoms with van der Waals surface area (Å²) in [4.78, 5) is 19.6. The van der Waals surface area contributed by atoms with Crippen molar-refractivity contribution < 1.29 is 4.79 Å². The lowest BCUT2D eigenvalue weighted by Crippen LogP contribution is -2.03. The molecule has 0 saturated carbocycles. The maximum atomic E-state index is 12.4. The molecule has 0 fully saturated rings. The van der Waals surface area contributed by atoms with E-state index in [9.17, 15) is 4.79 Å². The largest absolute Gasteiger partial charge is 0.359 e. The van der Waals surface area contributed by atoms with Crippen molar-refractivity contribution in [2.45, 2.75) is 26.8 Å². The van der Waals surface area contributed by atoms with Gasteiger partial charge in [0.1, 0.15) is 0 Å². The maximum absolute atomic E-state index is 12.4. The standard InChI is InChI=1S/C21H18N2O.C6H11N3/c1-13-10-14(2)22-20(13)12-18-17-11-16(15-6-4-3-5-7-15)8-9-19(17)23-21(18)24;7-2-1-4-9-5-3-8-6-9/h3-12,22H,1-2H3,(H,23,24);3,5-6H,1-2,4,7H2. The van der Waals surface area contributed by atoms with Crippen molar-refractivity contribution >= 4 is 23.2 Å². The summed E-state index contributed by atoms with van der Waals surface area (Å²) in [5, 5.41) is 2.95. The number of rotatable bonds is 5. The van der Waals surface area contributed by atoms with Crippen LogP contribution in [0.5, 0.6) is 0 Å². The zero-order chi connectivity index (χ0) is 23.2. The van der Waals surface area contributed by atoms with Crippen LogP contribution in [0.3, 0.4) is 0 Å². The second-order valence-electron chi connectivity index (χ2n) is 8.13. The molecule has 6 heteroatoms. The molecule has 0 saturated heterocycles. The van der Waals surface area contributed by atoms with Crippen molar-refractivity contribution in [1.29, 1.82) is 0 Å². The van der Waals surface area contributed by atoms with Gasteiger partial charge in [-0.15, -0.1) is 0 Å². The Bertz CT molecular complexity index is 1250. The van der Waals surface area contributed by atoms with E-state index >= 15 is 0 Å². The predicted octanol–water partition coefficient (Wildman–Crippen LogP) is 5.02. The fourth-order valence-corrected chi connectivity index (χ4v) is 3.88. The van der Waals surface area contributed by atoms with Gasteiger partial charge in [0, 0.05) is 41.6 Å². The number of benzene rings is 2. The average Bonchev–Trinajstić information content (AvgIpc) is 3.53. The van der Waals surface area contributed by atoms with Crippen LogP contribution in [0.25, 0.3) is 22.8 Å². The smallest absolute Gasteiger partial charge is 0.256 e. The van der Waals surface area contributed by atoms with Crippen molar-refractivity contribution in [3.05, 3.63) is 95.8 Å². The fraction of sp³-hybridized carbons (Fsp3) is 0.185. The molecule has 0 atom stereocenters. The van der Waals surface area contributed by atoms with Crippen molar-refractivity contribution in [3.63, 3.8) is 0 Å². The number of aromatic amines is 1. The number of carbonyl (C=O) groups excluding carboxylic acids is 1. The summed E-state index contributed by atoms with van der Waals surface area (Å²) in [5.74, 6) is -0.0538. The molecule has 1 amide bonds. The molecule has 4 N–H and O–H groups in total. The summed E-state index contributed by atoms with van der Waals surface area (Å²) in [6, 6.07) is 18.4. The Morgan fingerprint density at radius 3 is 2.55 bits per heavy atom. The Balaban J connectivity index is 0.000000243. The van der Waals surface area contributed by atoms with E-state index in [4.69, 9.17) is 5.73 Å². The van der Waals surface area contributed by atoms with E-state index in [2.05, 4.69) is 39.6 Å². The van der Waals surface area contributed by atoms with Crippen molar-refractivity contribution in [2.75, 3.05) is 11.9 Å². The molecule has 0 spiro atoms. The highest BCUT2D eigenvalue weighted by Crippen LogP contribution is 2.36. The Hall–Kier alpha value is -3.90. The lowest BCUT2D eigenvalue weighted by molar-refractivity contribution is -0.110. The quantitative estimate of drug-likeness (QED) is 0.381. The first-order chi connectivity index (χ1) is 16.0. The minimum Gasteiger partial charge on any atom is -0.359 e. The molecular weight excluding hydrogens is 410 g/mol. The summed E-state index contributed by atoms with van der Waals surface area (Å²) >= 11 is 0. The predicted molar refractivity (Wildman–Crippen MR) is 135 cm³/mol. The number of aryl methyl sites for hydroxylation is 3. The number of nitrogens with two attached hydrogens (primary N) is 1. The zero-order valence-electron chi connectivity index (χ0n) is 19.0. The van der Waals surface area contributed by atoms with Gasteiger partial charge in [-0.1, -0.05) is 36.4 Å². The summed E-state index contributed by atoms with van der Waals surface area (Å²) < 4.78 is 2.02. The van der Waals surface area contributed by atoms with Crippen LogP contribution in [0.15, 0.2) is 73.3 Å². The first-order valence-corrected chi connectivity index (χ1v) is 11.1. The maximum Gasteiger partial charge on any atom is 0.256 e. The molecule has 0 unspecified atom stereocenters. The Morgan fingerprint density at radius 2 is 1.88 bits per heavy atom. The van der Waals surface area contributed by atoms with Crippen LogP contribution >= 0.6 is 0 Å². The Kier molecular flexibility index (Phi) is 6.86. The number of anilines is 1. The minimum atomic E-state index is -0.0538. The van der Waals surface area contributed by atoms with Gasteiger partial charge in [-0.3, -0.25) is 4.79 Å². The highest BCUT2D eigenvalue weighted by molar-refractivity contribution is 6.35. The lowest BCUT2D eigenvalue weighted by Gasteiger charge is -2.05. The molecule has 0 radical (unpaired) electrons. The fourth-order valence-electron chi connectivity index (χ4n) is 3.88. The van der Waals surface area contributed by atoms with Crippen LogP contribution in [0.2, 0.25) is 0 Å². The third kappa shape index (κ3) is 5.30. The van der Waals surface area contributed by atoms with Crippen molar-refractivity contribution in [1.82, 2.24) is 14.5 Å². The van der Waals surface area contributed by atoms with Crippen LogP contribution < -0.4 is 11.1 Å². The minimum absolute atomic E-state index is 0.0538. The van der Waals surface area contributed by atoms with Gasteiger partial charge in [-0.25, -0.2) is 4.98 Å². The molecule has 2 aromatic carbocycles. The van der Waals surface area contributed by atoms with E-state index in [1.165, 1.54) is 0 Å². The molecule has 2 aromatic heterocycles. The molecule has 33 heavy (non-hydrogen) atoms. The van der Waals surface area contributed by atoms with E-state index in [1.807, 2.05) is 61.0 Å². The van der Waals surface area contributed by atoms with E-state index in [0.29, 0.717) is 5.57 Å². The number of imidazole rings is 1. The summed E-state index contributed by atoms with van der Waals surface area (Å²) in [5.41, 5.74) is 13.3. The van der Waals surface area contributed by atoms with Gasteiger partial charge in [-0.2, -0.15) is 0 Å². The van der Waals surface area contributed by atoms with Crippen LogP contribution in [-0.4, -0.2) is 27.0 Å². The molecule has 4 aromatic rings. The van der Waals surface area contributed by atoms with Crippen LogP contribution in [0.1, 0.15) is 28.9 Å². The monoisotopic (exact) mass is 439 g/mol. The number of hydrogen-bond acceptors (Lipinski definition) is 3. The lowest BCUT2D eigenvalue weighted by atomic mass is 9.99. The van der Waals surface area contributed by atoms with E-state index in [1.54, 1.807) is 12.5 Å². The van der Waals surface area contributed by atoms with E-state index in [0.717, 1.165) is 58.8 Å². The van der Waals surface area contributed by atoms with Crippen molar-refractivity contribution in [3.8, 4) is 11.1 Å². The molecule has 0 bridgehead atoms. The van der Waals surface area contributed by atoms with E-state index < -0.39 is 0 Å². The molecular formula is C27H29N5O. The van der Waals surface area contributed by atoms with Gasteiger partial charge in [0.15, 0.2) is 0 Å². The molecule has 1 aliphatic heterocycles. The highest BCUT2D eigenvalue weighted by atomic mass is 16.2. The Morgan fingerprint density at radius 1 is 1.06 bits per heavy atom. The first-order valence-electron chi connectivity index (χ1n) is 11.1. The number of aromatic nitrogens is 3. The first kappa shape index (κ1) is 22.3. The molecule has 6 nitrogen and oxygen atoms in total.